The van der Waals surface area contributed by atoms with Crippen LogP contribution < -0.4 is 0 Å². The molecule has 0 amide bonds. The molecule has 13 heavy (non-hydrogen) atoms. The molecule has 64 valence electrons. The van der Waals surface area contributed by atoms with Crippen molar-refractivity contribution in [2.45, 2.75) is 0 Å². The standard InChI is InChI=1S/C9H3BrClNS/c10-9-5(4-12)1-2-7-6(9)3-8(11)13-7/h1-3H. The van der Waals surface area contributed by atoms with Crippen molar-refractivity contribution < 1.29 is 0 Å². The molecule has 0 unspecified atom stereocenters. The lowest BCUT2D eigenvalue weighted by molar-refractivity contribution is 1.49. The summed E-state index contributed by atoms with van der Waals surface area (Å²) in [4.78, 5) is 0. The zero-order chi connectivity index (χ0) is 9.42. The molecule has 1 nitrogen and oxygen atoms in total. The summed E-state index contributed by atoms with van der Waals surface area (Å²) in [5, 5.41) is 9.78. The maximum absolute atomic E-state index is 8.78. The van der Waals surface area contributed by atoms with Gasteiger partial charge in [0.2, 0.25) is 0 Å². The third kappa shape index (κ3) is 1.46. The smallest absolute Gasteiger partial charge is 0.100 e. The summed E-state index contributed by atoms with van der Waals surface area (Å²) in [6.07, 6.45) is 0. The Morgan fingerprint density at radius 3 is 2.92 bits per heavy atom. The number of hydrogen-bond acceptors (Lipinski definition) is 2. The monoisotopic (exact) mass is 271 g/mol. The fourth-order valence-corrected chi connectivity index (χ4v) is 2.97. The molecule has 1 aromatic heterocycles. The van der Waals surface area contributed by atoms with Crippen molar-refractivity contribution in [1.29, 1.82) is 5.26 Å². The average molecular weight is 273 g/mol. The maximum atomic E-state index is 8.78. The minimum absolute atomic E-state index is 0.641. The van der Waals surface area contributed by atoms with Gasteiger partial charge in [0.25, 0.3) is 0 Å². The van der Waals surface area contributed by atoms with Gasteiger partial charge in [-0.25, -0.2) is 0 Å². The van der Waals surface area contributed by atoms with Gasteiger partial charge in [-0.1, -0.05) is 11.6 Å². The van der Waals surface area contributed by atoms with Crippen LogP contribution in [-0.4, -0.2) is 0 Å². The van der Waals surface area contributed by atoms with Crippen molar-refractivity contribution in [1.82, 2.24) is 0 Å². The number of nitrogens with zero attached hydrogens (tertiary/aromatic N) is 1. The Morgan fingerprint density at radius 2 is 2.23 bits per heavy atom. The van der Waals surface area contributed by atoms with Gasteiger partial charge in [-0.05, 0) is 34.1 Å². The van der Waals surface area contributed by atoms with Gasteiger partial charge in [0.05, 0.1) is 9.90 Å². The largest absolute Gasteiger partial charge is 0.192 e. The van der Waals surface area contributed by atoms with Crippen LogP contribution in [0.25, 0.3) is 10.1 Å². The molecule has 0 aliphatic heterocycles. The molecule has 0 aliphatic rings. The number of hydrogen-bond donors (Lipinski definition) is 0. The lowest BCUT2D eigenvalue weighted by atomic mass is 10.2. The summed E-state index contributed by atoms with van der Waals surface area (Å²) in [6, 6.07) is 7.68. The first-order valence-electron chi connectivity index (χ1n) is 3.50. The molecule has 1 heterocycles. The third-order valence-electron chi connectivity index (χ3n) is 1.73. The molecule has 0 spiro atoms. The number of halogens is 2. The molecule has 0 saturated heterocycles. The molecular formula is C9H3BrClNS. The number of fused-ring (bicyclic) bond motifs is 1. The highest BCUT2D eigenvalue weighted by Crippen LogP contribution is 2.35. The molecule has 0 N–H and O–H groups in total. The summed E-state index contributed by atoms with van der Waals surface area (Å²) in [6.45, 7) is 0. The molecule has 1 aromatic carbocycles. The molecule has 0 atom stereocenters. The van der Waals surface area contributed by atoms with Crippen LogP contribution in [0.2, 0.25) is 4.34 Å². The second kappa shape index (κ2) is 3.30. The highest BCUT2D eigenvalue weighted by atomic mass is 79.9. The Bertz CT molecular complexity index is 512. The average Bonchev–Trinajstić information content (AvgIpc) is 2.47. The summed E-state index contributed by atoms with van der Waals surface area (Å²) < 4.78 is 2.66. The minimum Gasteiger partial charge on any atom is -0.192 e. The van der Waals surface area contributed by atoms with Crippen molar-refractivity contribution in [3.05, 3.63) is 32.6 Å². The van der Waals surface area contributed by atoms with E-state index in [4.69, 9.17) is 16.9 Å². The van der Waals surface area contributed by atoms with E-state index in [-0.39, 0.29) is 0 Å². The summed E-state index contributed by atoms with van der Waals surface area (Å²) >= 11 is 10.8. The van der Waals surface area contributed by atoms with Gasteiger partial charge in [-0.3, -0.25) is 0 Å². The van der Waals surface area contributed by atoms with Crippen LogP contribution in [0.15, 0.2) is 22.7 Å². The second-order valence-corrected chi connectivity index (χ2v) is 5.01. The third-order valence-corrected chi connectivity index (χ3v) is 3.81. The van der Waals surface area contributed by atoms with Gasteiger partial charge in [-0.15, -0.1) is 11.3 Å². The Labute approximate surface area is 92.7 Å². The fraction of sp³-hybridized carbons (Fsp3) is 0. The van der Waals surface area contributed by atoms with Gasteiger partial charge >= 0.3 is 0 Å². The van der Waals surface area contributed by atoms with Crippen LogP contribution >= 0.6 is 38.9 Å². The van der Waals surface area contributed by atoms with Crippen LogP contribution in [0.5, 0.6) is 0 Å². The van der Waals surface area contributed by atoms with E-state index in [2.05, 4.69) is 22.0 Å². The molecule has 2 aromatic rings. The first-order valence-corrected chi connectivity index (χ1v) is 5.49. The lowest BCUT2D eigenvalue weighted by Crippen LogP contribution is -1.75. The molecule has 4 heteroatoms. The van der Waals surface area contributed by atoms with Crippen LogP contribution in [0.3, 0.4) is 0 Å². The van der Waals surface area contributed by atoms with E-state index in [1.807, 2.05) is 12.1 Å². The van der Waals surface area contributed by atoms with Gasteiger partial charge in [0.1, 0.15) is 6.07 Å². The van der Waals surface area contributed by atoms with Gasteiger partial charge in [0, 0.05) is 14.6 Å². The van der Waals surface area contributed by atoms with Gasteiger partial charge in [-0.2, -0.15) is 5.26 Å². The van der Waals surface area contributed by atoms with E-state index in [1.54, 1.807) is 6.07 Å². The van der Waals surface area contributed by atoms with Crippen molar-refractivity contribution in [3.63, 3.8) is 0 Å². The van der Waals surface area contributed by atoms with E-state index in [9.17, 15) is 0 Å². The second-order valence-electron chi connectivity index (χ2n) is 2.50. The number of benzene rings is 1. The zero-order valence-electron chi connectivity index (χ0n) is 6.34. The van der Waals surface area contributed by atoms with E-state index in [1.165, 1.54) is 11.3 Å². The fourth-order valence-electron chi connectivity index (χ4n) is 1.13. The van der Waals surface area contributed by atoms with Crippen molar-refractivity contribution in [2.75, 3.05) is 0 Å². The molecule has 0 radical (unpaired) electrons. The molecular weight excluding hydrogens is 270 g/mol. The Morgan fingerprint density at radius 1 is 1.46 bits per heavy atom. The summed E-state index contributed by atoms with van der Waals surface area (Å²) in [5.74, 6) is 0. The highest BCUT2D eigenvalue weighted by Gasteiger charge is 2.07. The van der Waals surface area contributed by atoms with Crippen molar-refractivity contribution in [2.24, 2.45) is 0 Å². The first-order chi connectivity index (χ1) is 6.22. The molecule has 0 saturated carbocycles. The van der Waals surface area contributed by atoms with E-state index >= 15 is 0 Å². The number of nitriles is 1. The predicted octanol–water partition coefficient (Wildman–Crippen LogP) is 4.19. The first kappa shape index (κ1) is 9.01. The van der Waals surface area contributed by atoms with E-state index in [0.717, 1.165) is 18.9 Å². The van der Waals surface area contributed by atoms with Crippen LogP contribution in [-0.2, 0) is 0 Å². The topological polar surface area (TPSA) is 23.8 Å². The Kier molecular flexibility index (Phi) is 2.29. The molecule has 0 bridgehead atoms. The Hall–Kier alpha value is -0.560. The van der Waals surface area contributed by atoms with Crippen molar-refractivity contribution >= 4 is 49.0 Å². The van der Waals surface area contributed by atoms with Crippen LogP contribution in [0.1, 0.15) is 5.56 Å². The zero-order valence-corrected chi connectivity index (χ0v) is 9.50. The minimum atomic E-state index is 0.641. The van der Waals surface area contributed by atoms with Crippen molar-refractivity contribution in [3.8, 4) is 6.07 Å². The van der Waals surface area contributed by atoms with Gasteiger partial charge < -0.3 is 0 Å². The number of thiophene rings is 1. The van der Waals surface area contributed by atoms with Crippen LogP contribution in [0.4, 0.5) is 0 Å². The molecule has 0 aliphatic carbocycles. The van der Waals surface area contributed by atoms with Gasteiger partial charge in [0.15, 0.2) is 0 Å². The lowest BCUT2D eigenvalue weighted by Gasteiger charge is -1.95. The Balaban J connectivity index is 2.87. The maximum Gasteiger partial charge on any atom is 0.100 e. The molecule has 2 rings (SSSR count). The molecule has 0 fully saturated rings. The van der Waals surface area contributed by atoms with E-state index in [0.29, 0.717) is 5.56 Å². The normalized spacial score (nSPS) is 10.2. The highest BCUT2D eigenvalue weighted by molar-refractivity contribution is 9.10. The predicted molar refractivity (Wildman–Crippen MR) is 59.2 cm³/mol. The van der Waals surface area contributed by atoms with Crippen LogP contribution in [0, 0.1) is 11.3 Å². The summed E-state index contributed by atoms with van der Waals surface area (Å²) in [5.41, 5.74) is 0.641. The quantitative estimate of drug-likeness (QED) is 0.705. The summed E-state index contributed by atoms with van der Waals surface area (Å²) in [7, 11) is 0. The SMILES string of the molecule is N#Cc1ccc2sc(Cl)cc2c1Br. The van der Waals surface area contributed by atoms with E-state index < -0.39 is 0 Å². The number of rotatable bonds is 0.